The van der Waals surface area contributed by atoms with E-state index in [4.69, 9.17) is 4.74 Å². The molecule has 1 aliphatic rings. The average Bonchev–Trinajstić information content (AvgIpc) is 2.98. The monoisotopic (exact) mass is 258 g/mol. The number of ether oxygens (including phenoxy) is 1. The van der Waals surface area contributed by atoms with Crippen LogP contribution in [0.1, 0.15) is 0 Å². The molecule has 19 heavy (non-hydrogen) atoms. The fraction of sp³-hybridized carbons (Fsp3) is 0.357. The first-order valence-electron chi connectivity index (χ1n) is 6.52. The fourth-order valence-corrected chi connectivity index (χ4v) is 2.36. The van der Waals surface area contributed by atoms with Gasteiger partial charge in [0.2, 0.25) is 5.95 Å². The Kier molecular flexibility index (Phi) is 3.37. The number of anilines is 1. The van der Waals surface area contributed by atoms with E-state index in [9.17, 15) is 0 Å². The van der Waals surface area contributed by atoms with E-state index < -0.39 is 0 Å². The molecule has 1 saturated heterocycles. The number of hydrogen-bond donors (Lipinski definition) is 1. The lowest BCUT2D eigenvalue weighted by Crippen LogP contribution is -2.44. The summed E-state index contributed by atoms with van der Waals surface area (Å²) in [7, 11) is 1.68. The summed E-state index contributed by atoms with van der Waals surface area (Å²) in [6, 6.07) is 8.03. The molecule has 0 unspecified atom stereocenters. The van der Waals surface area contributed by atoms with Crippen molar-refractivity contribution in [2.24, 2.45) is 0 Å². The highest BCUT2D eigenvalue weighted by atomic mass is 16.5. The first-order chi connectivity index (χ1) is 9.38. The second kappa shape index (κ2) is 5.32. The summed E-state index contributed by atoms with van der Waals surface area (Å²) in [6.45, 7) is 3.98. The van der Waals surface area contributed by atoms with Gasteiger partial charge in [-0.05, 0) is 12.1 Å². The van der Waals surface area contributed by atoms with Crippen LogP contribution in [0.4, 0.5) is 5.95 Å². The molecule has 0 saturated carbocycles. The summed E-state index contributed by atoms with van der Waals surface area (Å²) in [5.74, 6) is 1.85. The van der Waals surface area contributed by atoms with Crippen LogP contribution in [-0.4, -0.2) is 42.8 Å². The van der Waals surface area contributed by atoms with Gasteiger partial charge in [0, 0.05) is 44.6 Å². The zero-order valence-electron chi connectivity index (χ0n) is 11.0. The van der Waals surface area contributed by atoms with Crippen molar-refractivity contribution >= 4 is 5.95 Å². The van der Waals surface area contributed by atoms with Crippen molar-refractivity contribution < 1.29 is 4.74 Å². The molecular formula is C14H18N4O. The van der Waals surface area contributed by atoms with Crippen molar-refractivity contribution in [2.45, 2.75) is 0 Å². The summed E-state index contributed by atoms with van der Waals surface area (Å²) >= 11 is 0. The van der Waals surface area contributed by atoms with Crippen LogP contribution in [0.3, 0.4) is 0 Å². The summed E-state index contributed by atoms with van der Waals surface area (Å²) < 4.78 is 7.39. The van der Waals surface area contributed by atoms with Gasteiger partial charge in [-0.3, -0.25) is 4.57 Å². The lowest BCUT2D eigenvalue weighted by Gasteiger charge is -2.28. The molecule has 1 aromatic carbocycles. The van der Waals surface area contributed by atoms with Gasteiger partial charge in [0.05, 0.1) is 12.8 Å². The molecule has 5 heteroatoms. The molecule has 0 radical (unpaired) electrons. The first-order valence-corrected chi connectivity index (χ1v) is 6.52. The SMILES string of the molecule is COc1cccc(-n2ccnc2N2CCNCC2)c1. The van der Waals surface area contributed by atoms with Crippen molar-refractivity contribution in [3.05, 3.63) is 36.7 Å². The number of hydrogen-bond acceptors (Lipinski definition) is 4. The molecule has 1 aromatic heterocycles. The quantitative estimate of drug-likeness (QED) is 0.901. The van der Waals surface area contributed by atoms with Crippen LogP contribution in [0, 0.1) is 0 Å². The van der Waals surface area contributed by atoms with Gasteiger partial charge in [0.1, 0.15) is 5.75 Å². The Morgan fingerprint density at radius 1 is 1.26 bits per heavy atom. The molecule has 3 rings (SSSR count). The van der Waals surface area contributed by atoms with Gasteiger partial charge in [0.15, 0.2) is 0 Å². The number of aromatic nitrogens is 2. The minimum absolute atomic E-state index is 0.859. The zero-order valence-corrected chi connectivity index (χ0v) is 11.0. The van der Waals surface area contributed by atoms with E-state index in [2.05, 4.69) is 25.8 Å². The van der Waals surface area contributed by atoms with Crippen molar-refractivity contribution in [1.29, 1.82) is 0 Å². The Balaban J connectivity index is 1.94. The molecule has 2 heterocycles. The van der Waals surface area contributed by atoms with E-state index in [-0.39, 0.29) is 0 Å². The maximum Gasteiger partial charge on any atom is 0.210 e. The van der Waals surface area contributed by atoms with Crippen LogP contribution >= 0.6 is 0 Å². The van der Waals surface area contributed by atoms with Gasteiger partial charge in [-0.2, -0.15) is 0 Å². The number of nitrogens with one attached hydrogen (secondary N) is 1. The van der Waals surface area contributed by atoms with Crippen LogP contribution in [0.5, 0.6) is 5.75 Å². The molecule has 100 valence electrons. The van der Waals surface area contributed by atoms with Gasteiger partial charge in [-0.1, -0.05) is 6.07 Å². The van der Waals surface area contributed by atoms with E-state index in [0.29, 0.717) is 0 Å². The molecule has 1 fully saturated rings. The van der Waals surface area contributed by atoms with Crippen molar-refractivity contribution in [2.75, 3.05) is 38.2 Å². The van der Waals surface area contributed by atoms with Gasteiger partial charge < -0.3 is 15.0 Å². The highest BCUT2D eigenvalue weighted by molar-refractivity contribution is 5.47. The average molecular weight is 258 g/mol. The summed E-state index contributed by atoms with van der Waals surface area (Å²) in [6.07, 6.45) is 3.84. The lowest BCUT2D eigenvalue weighted by atomic mass is 10.3. The van der Waals surface area contributed by atoms with Crippen LogP contribution in [0.2, 0.25) is 0 Å². The third kappa shape index (κ3) is 2.42. The van der Waals surface area contributed by atoms with Gasteiger partial charge in [-0.25, -0.2) is 4.98 Å². The molecule has 0 aliphatic carbocycles. The van der Waals surface area contributed by atoms with E-state index >= 15 is 0 Å². The van der Waals surface area contributed by atoms with Crippen LogP contribution in [0.25, 0.3) is 5.69 Å². The molecule has 0 spiro atoms. The first kappa shape index (κ1) is 12.0. The van der Waals surface area contributed by atoms with E-state index in [1.54, 1.807) is 7.11 Å². The second-order valence-corrected chi connectivity index (χ2v) is 4.54. The Morgan fingerprint density at radius 3 is 2.89 bits per heavy atom. The van der Waals surface area contributed by atoms with Gasteiger partial charge >= 0.3 is 0 Å². The van der Waals surface area contributed by atoms with Crippen LogP contribution in [0.15, 0.2) is 36.7 Å². The van der Waals surface area contributed by atoms with Crippen molar-refractivity contribution in [3.8, 4) is 11.4 Å². The number of methoxy groups -OCH3 is 1. The Labute approximate surface area is 112 Å². The number of rotatable bonds is 3. The topological polar surface area (TPSA) is 42.3 Å². The van der Waals surface area contributed by atoms with E-state index in [1.807, 2.05) is 30.6 Å². The second-order valence-electron chi connectivity index (χ2n) is 4.54. The maximum atomic E-state index is 5.28. The van der Waals surface area contributed by atoms with E-state index in [1.165, 1.54) is 0 Å². The Morgan fingerprint density at radius 2 is 2.11 bits per heavy atom. The molecule has 1 N–H and O–H groups in total. The maximum absolute atomic E-state index is 5.28. The van der Waals surface area contributed by atoms with E-state index in [0.717, 1.165) is 43.6 Å². The third-order valence-electron chi connectivity index (χ3n) is 3.35. The predicted molar refractivity (Wildman–Crippen MR) is 75.2 cm³/mol. The highest BCUT2D eigenvalue weighted by Crippen LogP contribution is 2.22. The summed E-state index contributed by atoms with van der Waals surface area (Å²) in [5.41, 5.74) is 1.07. The number of nitrogens with zero attached hydrogens (tertiary/aromatic N) is 3. The normalized spacial score (nSPS) is 15.5. The molecule has 0 amide bonds. The van der Waals surface area contributed by atoms with Gasteiger partial charge in [-0.15, -0.1) is 0 Å². The minimum atomic E-state index is 0.859. The van der Waals surface area contributed by atoms with Gasteiger partial charge in [0.25, 0.3) is 0 Å². The standard InChI is InChI=1S/C14H18N4O/c1-19-13-4-2-3-12(11-13)18-10-7-16-14(18)17-8-5-15-6-9-17/h2-4,7,10-11,15H,5-6,8-9H2,1H3. The predicted octanol–water partition coefficient (Wildman–Crippen LogP) is 1.29. The smallest absolute Gasteiger partial charge is 0.210 e. The molecule has 5 nitrogen and oxygen atoms in total. The molecule has 1 aliphatic heterocycles. The molecule has 2 aromatic rings. The van der Waals surface area contributed by atoms with Crippen LogP contribution in [-0.2, 0) is 0 Å². The minimum Gasteiger partial charge on any atom is -0.497 e. The number of benzene rings is 1. The largest absolute Gasteiger partial charge is 0.497 e. The number of piperazine rings is 1. The zero-order chi connectivity index (χ0) is 13.1. The van der Waals surface area contributed by atoms with Crippen LogP contribution < -0.4 is 15.0 Å². The van der Waals surface area contributed by atoms with Crippen molar-refractivity contribution in [1.82, 2.24) is 14.9 Å². The summed E-state index contributed by atoms with van der Waals surface area (Å²) in [4.78, 5) is 6.79. The molecular weight excluding hydrogens is 240 g/mol. The lowest BCUT2D eigenvalue weighted by molar-refractivity contribution is 0.414. The Hall–Kier alpha value is -2.01. The molecule has 0 bridgehead atoms. The van der Waals surface area contributed by atoms with Crippen molar-refractivity contribution in [3.63, 3.8) is 0 Å². The fourth-order valence-electron chi connectivity index (χ4n) is 2.36. The molecule has 0 atom stereocenters. The third-order valence-corrected chi connectivity index (χ3v) is 3.35. The summed E-state index contributed by atoms with van der Waals surface area (Å²) in [5, 5.41) is 3.36. The highest BCUT2D eigenvalue weighted by Gasteiger charge is 2.16. The number of imidazole rings is 1. The Bertz CT molecular complexity index is 546.